The van der Waals surface area contributed by atoms with Crippen LogP contribution in [0.3, 0.4) is 0 Å². The normalized spacial score (nSPS) is 31.0. The predicted octanol–water partition coefficient (Wildman–Crippen LogP) is 1.65. The Morgan fingerprint density at radius 3 is 2.54 bits per heavy atom. The maximum atomic E-state index is 16.0. The molecule has 1 aromatic carbocycles. The Kier molecular flexibility index (Phi) is 6.40. The number of hydrogen-bond donors (Lipinski definition) is 5. The third kappa shape index (κ3) is 3.74. The maximum absolute atomic E-state index is 16.0. The predicted molar refractivity (Wildman–Crippen MR) is 138 cm³/mol. The molecule has 1 aliphatic heterocycles. The van der Waals surface area contributed by atoms with Crippen LogP contribution < -0.4 is 5.73 Å². The van der Waals surface area contributed by atoms with Gasteiger partial charge in [-0.1, -0.05) is 0 Å². The van der Waals surface area contributed by atoms with Crippen LogP contribution in [0.2, 0.25) is 0 Å². The first kappa shape index (κ1) is 27.3. The maximum Gasteiger partial charge on any atom is 0.255 e. The molecule has 6 N–H and O–H groups in total. The number of amides is 1. The van der Waals surface area contributed by atoms with Crippen LogP contribution in [-0.2, 0) is 20.8 Å². The molecule has 1 saturated carbocycles. The SMILES string of the molecule is CN(C)CC[C@]12CC(=O)C(C(N)=O)=C(O)[C@@]1(O)C(=O)C1=C(O)c3c(O)cc(C4CCCN4C)c(F)c3CC1C2. The van der Waals surface area contributed by atoms with Gasteiger partial charge < -0.3 is 31.1 Å². The van der Waals surface area contributed by atoms with E-state index in [4.69, 9.17) is 5.73 Å². The highest BCUT2D eigenvalue weighted by molar-refractivity contribution is 6.23. The average Bonchev–Trinajstić information content (AvgIpc) is 3.27. The lowest BCUT2D eigenvalue weighted by molar-refractivity contribution is -0.165. The second-order valence-corrected chi connectivity index (χ2v) is 11.7. The zero-order valence-electron chi connectivity index (χ0n) is 22.3. The van der Waals surface area contributed by atoms with E-state index in [1.807, 2.05) is 11.9 Å². The van der Waals surface area contributed by atoms with Crippen LogP contribution in [0.25, 0.3) is 5.76 Å². The van der Waals surface area contributed by atoms with Crippen molar-refractivity contribution in [3.05, 3.63) is 45.5 Å². The molecule has 4 aliphatic rings. The highest BCUT2D eigenvalue weighted by atomic mass is 19.1. The first-order valence-electron chi connectivity index (χ1n) is 13.1. The van der Waals surface area contributed by atoms with Crippen molar-refractivity contribution in [3.63, 3.8) is 0 Å². The van der Waals surface area contributed by atoms with Gasteiger partial charge in [-0.25, -0.2) is 4.39 Å². The van der Waals surface area contributed by atoms with Gasteiger partial charge in [-0.05, 0) is 78.3 Å². The highest BCUT2D eigenvalue weighted by Gasteiger charge is 2.68. The van der Waals surface area contributed by atoms with E-state index in [1.54, 1.807) is 19.0 Å². The number of halogens is 1. The molecule has 210 valence electrons. The molecule has 2 fully saturated rings. The number of carbonyl (C=O) groups is 3. The van der Waals surface area contributed by atoms with Crippen LogP contribution >= 0.6 is 0 Å². The third-order valence-corrected chi connectivity index (χ3v) is 9.22. The molecule has 1 saturated heterocycles. The molecule has 1 amide bonds. The van der Waals surface area contributed by atoms with Gasteiger partial charge in [-0.2, -0.15) is 0 Å². The molecule has 2 unspecified atom stereocenters. The Morgan fingerprint density at radius 2 is 1.95 bits per heavy atom. The lowest BCUT2D eigenvalue weighted by Crippen LogP contribution is -2.65. The summed E-state index contributed by atoms with van der Waals surface area (Å²) in [5.41, 5.74) is 0.0799. The Balaban J connectivity index is 1.71. The Morgan fingerprint density at radius 1 is 1.26 bits per heavy atom. The summed E-state index contributed by atoms with van der Waals surface area (Å²) in [6, 6.07) is 1.02. The lowest BCUT2D eigenvalue weighted by atomic mass is 9.50. The molecule has 0 aromatic heterocycles. The zero-order valence-corrected chi connectivity index (χ0v) is 22.3. The number of ketones is 2. The first-order valence-corrected chi connectivity index (χ1v) is 13.1. The summed E-state index contributed by atoms with van der Waals surface area (Å²) in [5.74, 6) is -6.76. The van der Waals surface area contributed by atoms with Crippen molar-refractivity contribution in [2.75, 3.05) is 34.2 Å². The summed E-state index contributed by atoms with van der Waals surface area (Å²) in [7, 11) is 5.41. The van der Waals surface area contributed by atoms with E-state index in [2.05, 4.69) is 0 Å². The van der Waals surface area contributed by atoms with Gasteiger partial charge in [0.2, 0.25) is 5.78 Å². The molecule has 10 nitrogen and oxygen atoms in total. The average molecular weight is 544 g/mol. The number of primary amides is 1. The number of Topliss-reactive ketones (excluding diaryl/α,β-unsaturated/α-hetero) is 2. The monoisotopic (exact) mass is 543 g/mol. The summed E-state index contributed by atoms with van der Waals surface area (Å²) in [6.45, 7) is 1.10. The second kappa shape index (κ2) is 9.14. The number of hydrogen-bond acceptors (Lipinski definition) is 9. The quantitative estimate of drug-likeness (QED) is 0.347. The van der Waals surface area contributed by atoms with Crippen molar-refractivity contribution in [1.82, 2.24) is 9.80 Å². The number of aliphatic hydroxyl groups excluding tert-OH is 2. The molecule has 0 radical (unpaired) electrons. The Labute approximate surface area is 225 Å². The van der Waals surface area contributed by atoms with Crippen LogP contribution in [0.4, 0.5) is 4.39 Å². The fourth-order valence-electron chi connectivity index (χ4n) is 7.25. The van der Waals surface area contributed by atoms with E-state index in [0.29, 0.717) is 18.5 Å². The minimum atomic E-state index is -2.72. The molecule has 0 bridgehead atoms. The van der Waals surface area contributed by atoms with Crippen molar-refractivity contribution in [1.29, 1.82) is 0 Å². The molecule has 1 heterocycles. The van der Waals surface area contributed by atoms with Gasteiger partial charge in [0.05, 0.1) is 5.56 Å². The van der Waals surface area contributed by atoms with Gasteiger partial charge in [-0.15, -0.1) is 0 Å². The number of aromatic hydroxyl groups is 1. The number of aliphatic hydroxyl groups is 3. The molecule has 39 heavy (non-hydrogen) atoms. The van der Waals surface area contributed by atoms with Crippen LogP contribution in [0.5, 0.6) is 5.75 Å². The van der Waals surface area contributed by atoms with Gasteiger partial charge in [0.1, 0.15) is 28.7 Å². The van der Waals surface area contributed by atoms with Gasteiger partial charge in [-0.3, -0.25) is 19.3 Å². The molecular formula is C28H34FN3O7. The standard InChI is InChI=1S/C28H34FN3O7/c1-31(2)8-6-27-11-13-9-15-20(17(33)10-14(22(15)29)16-5-4-7-32(16)3)23(35)19(13)24(36)28(27,39)25(37)21(26(30)38)18(34)12-27/h10,13,16,33,35,37,39H,4-9,11-12H2,1-3H3,(H2,30,38)/t13?,16?,27-,28-/m0/s1. The number of fused-ring (bicyclic) bond motifs is 3. The minimum absolute atomic E-state index is 0.0580. The molecule has 1 aromatic rings. The molecule has 5 rings (SSSR count). The second-order valence-electron chi connectivity index (χ2n) is 11.7. The molecular weight excluding hydrogens is 509 g/mol. The number of likely N-dealkylation sites (tertiary alicyclic amines) is 1. The summed E-state index contributed by atoms with van der Waals surface area (Å²) >= 11 is 0. The molecule has 0 spiro atoms. The molecule has 3 aliphatic carbocycles. The summed E-state index contributed by atoms with van der Waals surface area (Å²) in [6.07, 6.45) is 1.10. The van der Waals surface area contributed by atoms with Crippen molar-refractivity contribution in [2.24, 2.45) is 17.1 Å². The van der Waals surface area contributed by atoms with E-state index < -0.39 is 69.5 Å². The number of phenolic OH excluding ortho intramolecular Hbond substituents is 1. The Hall–Kier alpha value is -3.28. The van der Waals surface area contributed by atoms with Crippen molar-refractivity contribution in [2.45, 2.75) is 50.2 Å². The highest BCUT2D eigenvalue weighted by Crippen LogP contribution is 2.60. The zero-order chi connectivity index (χ0) is 28.6. The van der Waals surface area contributed by atoms with Crippen LogP contribution in [0.15, 0.2) is 23.0 Å². The summed E-state index contributed by atoms with van der Waals surface area (Å²) in [5, 5.41) is 45.3. The van der Waals surface area contributed by atoms with E-state index >= 15 is 4.39 Å². The van der Waals surface area contributed by atoms with Gasteiger partial charge in [0.25, 0.3) is 5.91 Å². The van der Waals surface area contributed by atoms with E-state index in [0.717, 1.165) is 13.0 Å². The fourth-order valence-corrected chi connectivity index (χ4v) is 7.25. The smallest absolute Gasteiger partial charge is 0.255 e. The Bertz CT molecular complexity index is 1370. The first-order chi connectivity index (χ1) is 18.2. The van der Waals surface area contributed by atoms with Crippen molar-refractivity contribution in [3.8, 4) is 5.75 Å². The van der Waals surface area contributed by atoms with Crippen molar-refractivity contribution >= 4 is 23.2 Å². The summed E-state index contributed by atoms with van der Waals surface area (Å²) < 4.78 is 16.0. The van der Waals surface area contributed by atoms with Crippen LogP contribution in [-0.4, -0.2) is 87.5 Å². The van der Waals surface area contributed by atoms with E-state index in [1.165, 1.54) is 6.07 Å². The topological polar surface area (TPSA) is 165 Å². The van der Waals surface area contributed by atoms with Gasteiger partial charge in [0.15, 0.2) is 11.4 Å². The molecule has 4 atom stereocenters. The molecule has 11 heteroatoms. The van der Waals surface area contributed by atoms with Gasteiger partial charge in [0, 0.05) is 34.6 Å². The van der Waals surface area contributed by atoms with E-state index in [9.17, 15) is 34.8 Å². The van der Waals surface area contributed by atoms with Gasteiger partial charge >= 0.3 is 0 Å². The largest absolute Gasteiger partial charge is 0.508 e. The van der Waals surface area contributed by atoms with Crippen LogP contribution in [0, 0.1) is 17.2 Å². The number of phenols is 1. The number of benzene rings is 1. The number of carbonyl (C=O) groups excluding carboxylic acids is 3. The number of nitrogens with zero attached hydrogens (tertiary/aromatic N) is 2. The lowest BCUT2D eigenvalue weighted by Gasteiger charge is -2.54. The van der Waals surface area contributed by atoms with E-state index in [-0.39, 0.29) is 42.0 Å². The summed E-state index contributed by atoms with van der Waals surface area (Å²) in [4.78, 5) is 42.9. The minimum Gasteiger partial charge on any atom is -0.508 e. The fraction of sp³-hybridized carbons (Fsp3) is 0.536. The van der Waals surface area contributed by atoms with Crippen molar-refractivity contribution < 1.29 is 39.2 Å². The number of rotatable bonds is 5. The number of nitrogens with two attached hydrogens (primary N) is 1. The van der Waals surface area contributed by atoms with Crippen LogP contribution in [0.1, 0.15) is 54.8 Å². The third-order valence-electron chi connectivity index (χ3n) is 9.22.